The Morgan fingerprint density at radius 3 is 2.55 bits per heavy atom. The minimum Gasteiger partial charge on any atom is -0.507 e. The average molecular weight is 423 g/mol. The topological polar surface area (TPSA) is 109 Å². The van der Waals surface area contributed by atoms with E-state index in [1.165, 1.54) is 11.1 Å². The number of likely N-dealkylation sites (tertiary alicyclic amines) is 1. The number of amides is 1. The zero-order chi connectivity index (χ0) is 22.0. The molecule has 1 amide bonds. The van der Waals surface area contributed by atoms with Crippen LogP contribution in [0, 0.1) is 13.8 Å². The molecule has 162 valence electrons. The van der Waals surface area contributed by atoms with Gasteiger partial charge in [0, 0.05) is 44.8 Å². The van der Waals surface area contributed by atoms with Crippen LogP contribution in [0.5, 0.6) is 0 Å². The molecule has 31 heavy (non-hydrogen) atoms. The lowest BCUT2D eigenvalue weighted by Crippen LogP contribution is -2.42. The number of morpholine rings is 1. The predicted molar refractivity (Wildman–Crippen MR) is 112 cm³/mol. The number of rotatable bonds is 5. The number of aliphatic hydroxyl groups is 1. The Balaban J connectivity index is 1.74. The van der Waals surface area contributed by atoms with E-state index in [0.717, 1.165) is 13.1 Å². The van der Waals surface area contributed by atoms with Crippen LogP contribution in [-0.4, -0.2) is 80.9 Å². The van der Waals surface area contributed by atoms with E-state index in [9.17, 15) is 14.7 Å². The van der Waals surface area contributed by atoms with Gasteiger partial charge in [0.05, 0.1) is 36.1 Å². The summed E-state index contributed by atoms with van der Waals surface area (Å²) in [5.74, 6) is -1.03. The number of ketones is 1. The molecule has 9 heteroatoms. The fourth-order valence-corrected chi connectivity index (χ4v) is 4.04. The summed E-state index contributed by atoms with van der Waals surface area (Å²) in [7, 11) is 0. The Morgan fingerprint density at radius 2 is 1.87 bits per heavy atom. The van der Waals surface area contributed by atoms with Gasteiger partial charge in [-0.1, -0.05) is 0 Å². The standard InChI is InChI=1S/C22H25N5O4/c1-14-17(13-24-15(2)25-14)20(28)18-19(16-3-5-23-6-4-16)27(22(30)21(18)29)8-7-26-9-11-31-12-10-26/h3-6,13,19,28H,7-12H2,1-2H3/b20-18+/t19-/m1/s1. The van der Waals surface area contributed by atoms with Crippen LogP contribution in [0.4, 0.5) is 0 Å². The van der Waals surface area contributed by atoms with Gasteiger partial charge < -0.3 is 14.7 Å². The molecule has 1 atom stereocenters. The van der Waals surface area contributed by atoms with Gasteiger partial charge in [-0.3, -0.25) is 19.5 Å². The Kier molecular flexibility index (Phi) is 6.06. The maximum absolute atomic E-state index is 13.0. The second-order valence-corrected chi connectivity index (χ2v) is 7.64. The number of aliphatic hydroxyl groups excluding tert-OH is 1. The van der Waals surface area contributed by atoms with Crippen LogP contribution in [0.1, 0.15) is 28.7 Å². The number of Topliss-reactive ketones (excluding diaryl/α,β-unsaturated/α-hetero) is 1. The van der Waals surface area contributed by atoms with E-state index in [1.54, 1.807) is 38.4 Å². The number of nitrogens with zero attached hydrogens (tertiary/aromatic N) is 5. The number of hydrogen-bond donors (Lipinski definition) is 1. The van der Waals surface area contributed by atoms with Crippen molar-refractivity contribution >= 4 is 17.4 Å². The van der Waals surface area contributed by atoms with Gasteiger partial charge in [0.2, 0.25) is 0 Å². The first-order chi connectivity index (χ1) is 15.0. The molecule has 4 rings (SSSR count). The summed E-state index contributed by atoms with van der Waals surface area (Å²) in [4.78, 5) is 42.2. The number of hydrogen-bond acceptors (Lipinski definition) is 8. The molecule has 4 heterocycles. The summed E-state index contributed by atoms with van der Waals surface area (Å²) < 4.78 is 5.38. The van der Waals surface area contributed by atoms with E-state index in [1.807, 2.05) is 0 Å². The number of carbonyl (C=O) groups is 2. The predicted octanol–water partition coefficient (Wildman–Crippen LogP) is 1.24. The monoisotopic (exact) mass is 423 g/mol. The highest BCUT2D eigenvalue weighted by Crippen LogP contribution is 2.39. The van der Waals surface area contributed by atoms with Crippen molar-refractivity contribution in [3.63, 3.8) is 0 Å². The van der Waals surface area contributed by atoms with Crippen molar-refractivity contribution in [3.8, 4) is 0 Å². The maximum atomic E-state index is 13.0. The van der Waals surface area contributed by atoms with Crippen molar-refractivity contribution in [3.05, 3.63) is 58.9 Å². The van der Waals surface area contributed by atoms with Gasteiger partial charge in [-0.15, -0.1) is 0 Å². The van der Waals surface area contributed by atoms with E-state index < -0.39 is 17.7 Å². The van der Waals surface area contributed by atoms with Crippen LogP contribution < -0.4 is 0 Å². The molecule has 0 radical (unpaired) electrons. The highest BCUT2D eigenvalue weighted by molar-refractivity contribution is 6.46. The third-order valence-corrected chi connectivity index (χ3v) is 5.68. The van der Waals surface area contributed by atoms with Crippen LogP contribution in [0.2, 0.25) is 0 Å². The Labute approximate surface area is 180 Å². The molecule has 0 spiro atoms. The molecule has 2 aromatic heterocycles. The van der Waals surface area contributed by atoms with E-state index in [0.29, 0.717) is 48.9 Å². The van der Waals surface area contributed by atoms with Gasteiger partial charge in [-0.05, 0) is 31.5 Å². The number of aryl methyl sites for hydroxylation is 2. The van der Waals surface area contributed by atoms with Crippen molar-refractivity contribution in [1.82, 2.24) is 24.8 Å². The second-order valence-electron chi connectivity index (χ2n) is 7.64. The van der Waals surface area contributed by atoms with Crippen molar-refractivity contribution in [1.29, 1.82) is 0 Å². The smallest absolute Gasteiger partial charge is 0.295 e. The average Bonchev–Trinajstić information content (AvgIpc) is 3.03. The van der Waals surface area contributed by atoms with Gasteiger partial charge in [-0.2, -0.15) is 0 Å². The molecule has 0 bridgehead atoms. The van der Waals surface area contributed by atoms with Gasteiger partial charge in [0.1, 0.15) is 11.6 Å². The van der Waals surface area contributed by atoms with Crippen molar-refractivity contribution < 1.29 is 19.4 Å². The summed E-state index contributed by atoms with van der Waals surface area (Å²) in [5.41, 5.74) is 1.64. The lowest BCUT2D eigenvalue weighted by atomic mass is 9.96. The summed E-state index contributed by atoms with van der Waals surface area (Å²) >= 11 is 0. The zero-order valence-electron chi connectivity index (χ0n) is 17.6. The Bertz CT molecular complexity index is 1020. The van der Waals surface area contributed by atoms with Crippen molar-refractivity contribution in [2.24, 2.45) is 0 Å². The van der Waals surface area contributed by atoms with E-state index in [2.05, 4.69) is 19.9 Å². The number of aromatic nitrogens is 3. The first kappa shape index (κ1) is 21.1. The molecule has 2 aromatic rings. The van der Waals surface area contributed by atoms with Crippen molar-refractivity contribution in [2.75, 3.05) is 39.4 Å². The number of ether oxygens (including phenoxy) is 1. The molecule has 9 nitrogen and oxygen atoms in total. The van der Waals surface area contributed by atoms with Crippen molar-refractivity contribution in [2.45, 2.75) is 19.9 Å². The minimum absolute atomic E-state index is 0.0498. The molecule has 1 N–H and O–H groups in total. The third kappa shape index (κ3) is 4.19. The minimum atomic E-state index is -0.707. The Morgan fingerprint density at radius 1 is 1.16 bits per heavy atom. The number of carbonyl (C=O) groups excluding carboxylic acids is 2. The fourth-order valence-electron chi connectivity index (χ4n) is 4.04. The summed E-state index contributed by atoms with van der Waals surface area (Å²) in [6.45, 7) is 7.33. The normalized spacial score (nSPS) is 21.6. The molecule has 2 saturated heterocycles. The largest absolute Gasteiger partial charge is 0.507 e. The maximum Gasteiger partial charge on any atom is 0.295 e. The molecule has 2 fully saturated rings. The van der Waals surface area contributed by atoms with Crippen LogP contribution in [0.25, 0.3) is 5.76 Å². The van der Waals surface area contributed by atoms with E-state index in [-0.39, 0.29) is 11.3 Å². The molecular formula is C22H25N5O4. The van der Waals surface area contributed by atoms with Gasteiger partial charge in [0.15, 0.2) is 0 Å². The fraction of sp³-hybridized carbons (Fsp3) is 0.409. The molecule has 2 aliphatic rings. The molecule has 0 aliphatic carbocycles. The summed E-state index contributed by atoms with van der Waals surface area (Å²) in [6.07, 6.45) is 4.70. The number of pyridine rings is 1. The summed E-state index contributed by atoms with van der Waals surface area (Å²) in [6, 6.07) is 2.80. The van der Waals surface area contributed by atoms with Crippen LogP contribution in [-0.2, 0) is 14.3 Å². The quantitative estimate of drug-likeness (QED) is 0.435. The van der Waals surface area contributed by atoms with Crippen LogP contribution in [0.15, 0.2) is 36.3 Å². The Hall–Kier alpha value is -3.17. The van der Waals surface area contributed by atoms with E-state index >= 15 is 0 Å². The van der Waals surface area contributed by atoms with Gasteiger partial charge in [-0.25, -0.2) is 9.97 Å². The SMILES string of the molecule is Cc1ncc(/C(O)=C2\C(=O)C(=O)N(CCN3CCOCC3)[C@@H]2c2ccncc2)c(C)n1. The first-order valence-electron chi connectivity index (χ1n) is 10.3. The summed E-state index contributed by atoms with van der Waals surface area (Å²) in [5, 5.41) is 11.1. The highest BCUT2D eigenvalue weighted by Gasteiger charge is 2.46. The van der Waals surface area contributed by atoms with E-state index in [4.69, 9.17) is 4.74 Å². The molecule has 0 unspecified atom stereocenters. The second kappa shape index (κ2) is 8.91. The third-order valence-electron chi connectivity index (χ3n) is 5.68. The van der Waals surface area contributed by atoms with Crippen LogP contribution >= 0.6 is 0 Å². The molecule has 0 saturated carbocycles. The molecule has 2 aliphatic heterocycles. The van der Waals surface area contributed by atoms with Gasteiger partial charge in [0.25, 0.3) is 11.7 Å². The molecule has 0 aromatic carbocycles. The highest BCUT2D eigenvalue weighted by atomic mass is 16.5. The van der Waals surface area contributed by atoms with Crippen LogP contribution in [0.3, 0.4) is 0 Å². The zero-order valence-corrected chi connectivity index (χ0v) is 17.6. The lowest BCUT2D eigenvalue weighted by Gasteiger charge is -2.31. The lowest BCUT2D eigenvalue weighted by molar-refractivity contribution is -0.140. The molecular weight excluding hydrogens is 398 g/mol. The van der Waals surface area contributed by atoms with Gasteiger partial charge >= 0.3 is 0 Å². The first-order valence-corrected chi connectivity index (χ1v) is 10.3.